The second kappa shape index (κ2) is 21.0. The third kappa shape index (κ3) is 10.6. The lowest BCUT2D eigenvalue weighted by atomic mass is 9.59. The predicted molar refractivity (Wildman–Crippen MR) is 296 cm³/mol. The Hall–Kier alpha value is -7.10. The molecule has 382 valence electrons. The Morgan fingerprint density at radius 3 is 2.07 bits per heavy atom. The van der Waals surface area contributed by atoms with Gasteiger partial charge in [-0.2, -0.15) is 9.47 Å². The van der Waals surface area contributed by atoms with Crippen molar-refractivity contribution in [1.29, 1.82) is 5.26 Å². The maximum Gasteiger partial charge on any atom is 0.331 e. The molecule has 1 aliphatic carbocycles. The number of nitrogens with zero attached hydrogens (tertiary/aromatic N) is 5. The fourth-order valence-corrected chi connectivity index (χ4v) is 11.3. The summed E-state index contributed by atoms with van der Waals surface area (Å²) in [6.45, 7) is 30.9. The molecule has 1 aliphatic rings. The van der Waals surface area contributed by atoms with Gasteiger partial charge in [-0.05, 0) is 110 Å². The summed E-state index contributed by atoms with van der Waals surface area (Å²) < 4.78 is 30.4. The molecule has 74 heavy (non-hydrogen) atoms. The SMILES string of the molecule is Cc1ccc(-c2[nH]c3c(C#N)c(-c4ccccc4)c(Cl)n3c(=O)c2C)cc1.[C-]#[N+]c1c(C(=O)OC2C(C(C)(C)C)CC(C)CC2C(C)(C)C)c2nc(-c3ccc(NS(=O)Oc4cc(C)ccc4C)cc3)[nH]n2c1Cl. The van der Waals surface area contributed by atoms with Crippen molar-refractivity contribution in [3.05, 3.63) is 163 Å². The van der Waals surface area contributed by atoms with Crippen LogP contribution in [0.4, 0.5) is 11.4 Å². The van der Waals surface area contributed by atoms with Crippen LogP contribution in [0.25, 0.3) is 49.9 Å². The Bertz CT molecular complexity index is 3560. The van der Waals surface area contributed by atoms with Crippen molar-refractivity contribution < 1.29 is 17.9 Å². The number of carbonyl (C=O) groups excluding carboxylic acids is 1. The minimum absolute atomic E-state index is 0.0108. The van der Waals surface area contributed by atoms with Crippen LogP contribution in [0.3, 0.4) is 0 Å². The van der Waals surface area contributed by atoms with E-state index in [-0.39, 0.29) is 61.5 Å². The lowest BCUT2D eigenvalue weighted by molar-refractivity contribution is -0.0922. The van der Waals surface area contributed by atoms with Gasteiger partial charge in [0.1, 0.15) is 45.0 Å². The number of hydrogen-bond acceptors (Lipinski definition) is 7. The van der Waals surface area contributed by atoms with E-state index in [4.69, 9.17) is 43.7 Å². The van der Waals surface area contributed by atoms with E-state index in [1.54, 1.807) is 31.2 Å². The molecule has 9 rings (SSSR count). The third-order valence-electron chi connectivity index (χ3n) is 14.0. The molecule has 3 N–H and O–H groups in total. The minimum Gasteiger partial charge on any atom is -0.459 e. The Labute approximate surface area is 444 Å². The number of anilines is 1. The van der Waals surface area contributed by atoms with E-state index in [0.29, 0.717) is 56.8 Å². The van der Waals surface area contributed by atoms with Crippen LogP contribution < -0.4 is 14.5 Å². The molecule has 1 saturated carbocycles. The summed E-state index contributed by atoms with van der Waals surface area (Å²) in [5.41, 5.74) is 8.46. The Kier molecular flexibility index (Phi) is 15.1. The Balaban J connectivity index is 0.000000227. The number of nitriles is 1. The number of ether oxygens (including phenoxy) is 1. The second-order valence-corrected chi connectivity index (χ2v) is 23.1. The zero-order valence-corrected chi connectivity index (χ0v) is 45.7. The molecule has 0 amide bonds. The smallest absolute Gasteiger partial charge is 0.331 e. The summed E-state index contributed by atoms with van der Waals surface area (Å²) in [7, 11) is 0. The van der Waals surface area contributed by atoms with Gasteiger partial charge in [0.2, 0.25) is 5.69 Å². The highest BCUT2D eigenvalue weighted by Crippen LogP contribution is 2.50. The maximum atomic E-state index is 14.1. The number of esters is 1. The number of benzene rings is 4. The normalized spacial score (nSPS) is 17.2. The summed E-state index contributed by atoms with van der Waals surface area (Å²) in [4.78, 5) is 38.7. The van der Waals surface area contributed by atoms with Gasteiger partial charge < -0.3 is 13.9 Å². The fourth-order valence-electron chi connectivity index (χ4n) is 9.95. The van der Waals surface area contributed by atoms with E-state index in [1.165, 1.54) is 8.92 Å². The van der Waals surface area contributed by atoms with E-state index in [1.807, 2.05) is 93.6 Å². The summed E-state index contributed by atoms with van der Waals surface area (Å²) in [6.07, 6.45) is 1.59. The van der Waals surface area contributed by atoms with Gasteiger partial charge in [-0.1, -0.05) is 144 Å². The molecule has 0 aliphatic heterocycles. The van der Waals surface area contributed by atoms with Crippen molar-refractivity contribution in [2.45, 2.75) is 95.1 Å². The van der Waals surface area contributed by atoms with Crippen LogP contribution in [0.1, 0.15) is 99.5 Å². The van der Waals surface area contributed by atoms with E-state index in [9.17, 15) is 19.1 Å². The topological polar surface area (TPSA) is 163 Å². The zero-order chi connectivity index (χ0) is 53.6. The van der Waals surface area contributed by atoms with Crippen LogP contribution in [-0.2, 0) is 16.0 Å². The van der Waals surface area contributed by atoms with Crippen molar-refractivity contribution in [2.24, 2.45) is 28.6 Å². The monoisotopic (exact) mass is 1050 g/mol. The molecule has 16 heteroatoms. The largest absolute Gasteiger partial charge is 0.459 e. The molecule has 0 bridgehead atoms. The third-order valence-corrected chi connectivity index (χ3v) is 15.5. The van der Waals surface area contributed by atoms with Gasteiger partial charge in [0, 0.05) is 34.2 Å². The standard InChI is InChI=1S/C36H44ClN5O4S.C22H16ClN3O/c1-20-11-12-22(3)27(19-20)46-47(44)41-24-15-13-23(14-16-24)32-39-33-28(29(38-10)31(37)42(33)40-32)34(43)45-30-25(35(4,5)6)17-21(2)18-26(30)36(7,8)9;1-13-8-10-16(11-9-13)19-14(2)22(27)26-20(23)18(15-6-4-3-5-7-15)17(12-24)21(26)25-19/h11-16,19,21,25-26,30,41H,17-18H2,1-9H3,(H,39,40);3-11,25H,1-2H3. The number of aryl methyl sites for hydroxylation is 3. The molecule has 0 radical (unpaired) electrons. The number of rotatable bonds is 9. The number of hydrogen-bond donors (Lipinski definition) is 3. The molecular formula is C58H60Cl2N8O5S. The van der Waals surface area contributed by atoms with Crippen molar-refractivity contribution in [1.82, 2.24) is 24.0 Å². The quantitative estimate of drug-likeness (QED) is 0.0957. The molecular weight excluding hydrogens is 992 g/mol. The molecule has 3 atom stereocenters. The van der Waals surface area contributed by atoms with Crippen LogP contribution in [0, 0.1) is 74.2 Å². The maximum absolute atomic E-state index is 14.1. The number of halogens is 2. The summed E-state index contributed by atoms with van der Waals surface area (Å²) in [5, 5.41) is 13.2. The van der Waals surface area contributed by atoms with Crippen molar-refractivity contribution in [3.63, 3.8) is 0 Å². The van der Waals surface area contributed by atoms with Crippen molar-refractivity contribution in [3.8, 4) is 45.6 Å². The fraction of sp³-hybridized carbons (Fsp3) is 0.328. The number of H-pyrrole nitrogens is 2. The molecule has 13 nitrogen and oxygen atoms in total. The Morgan fingerprint density at radius 1 is 0.865 bits per heavy atom. The van der Waals surface area contributed by atoms with Crippen LogP contribution >= 0.6 is 23.2 Å². The highest BCUT2D eigenvalue weighted by Gasteiger charge is 2.48. The molecule has 0 spiro atoms. The van der Waals surface area contributed by atoms with Gasteiger partial charge >= 0.3 is 17.2 Å². The average molecular weight is 1050 g/mol. The summed E-state index contributed by atoms with van der Waals surface area (Å²) in [5.74, 6) is 1.20. The summed E-state index contributed by atoms with van der Waals surface area (Å²) in [6, 6.07) is 32.3. The van der Waals surface area contributed by atoms with Crippen LogP contribution in [-0.4, -0.2) is 40.3 Å². The first-order valence-corrected chi connectivity index (χ1v) is 26.3. The van der Waals surface area contributed by atoms with Gasteiger partial charge in [-0.15, -0.1) is 0 Å². The van der Waals surface area contributed by atoms with Crippen LogP contribution in [0.2, 0.25) is 10.3 Å². The van der Waals surface area contributed by atoms with E-state index >= 15 is 0 Å². The van der Waals surface area contributed by atoms with Gasteiger partial charge in [0.15, 0.2) is 11.5 Å². The number of nitrogens with one attached hydrogen (secondary N) is 3. The molecule has 4 heterocycles. The highest BCUT2D eigenvalue weighted by molar-refractivity contribution is 7.82. The highest BCUT2D eigenvalue weighted by atomic mass is 35.5. The lowest BCUT2D eigenvalue weighted by Crippen LogP contribution is -2.49. The minimum atomic E-state index is -1.81. The predicted octanol–water partition coefficient (Wildman–Crippen LogP) is 14.6. The van der Waals surface area contributed by atoms with Gasteiger partial charge in [-0.3, -0.25) is 14.6 Å². The van der Waals surface area contributed by atoms with Crippen molar-refractivity contribution >= 4 is 63.1 Å². The van der Waals surface area contributed by atoms with Crippen LogP contribution in [0.15, 0.2) is 102 Å². The molecule has 4 aromatic carbocycles. The van der Waals surface area contributed by atoms with Crippen molar-refractivity contribution in [2.75, 3.05) is 4.72 Å². The molecule has 4 aromatic heterocycles. The van der Waals surface area contributed by atoms with Gasteiger partial charge in [0.05, 0.1) is 12.3 Å². The van der Waals surface area contributed by atoms with Crippen LogP contribution in [0.5, 0.6) is 5.75 Å². The number of fused-ring (bicyclic) bond motifs is 2. The van der Waals surface area contributed by atoms with E-state index < -0.39 is 17.2 Å². The molecule has 1 fully saturated rings. The molecule has 8 aromatic rings. The van der Waals surface area contributed by atoms with Gasteiger partial charge in [0.25, 0.3) is 5.56 Å². The number of aromatic nitrogens is 5. The molecule has 3 unspecified atom stereocenters. The lowest BCUT2D eigenvalue weighted by Gasteiger charge is -2.50. The molecule has 0 saturated heterocycles. The van der Waals surface area contributed by atoms with Gasteiger partial charge in [-0.25, -0.2) is 23.5 Å². The first-order chi connectivity index (χ1) is 35.0. The number of aromatic amines is 2. The average Bonchev–Trinajstić information content (AvgIpc) is 4.00. The second-order valence-electron chi connectivity index (χ2n) is 21.5. The summed E-state index contributed by atoms with van der Waals surface area (Å²) >= 11 is 11.4. The first kappa shape index (κ1) is 53.2. The van der Waals surface area contributed by atoms with E-state index in [0.717, 1.165) is 40.7 Å². The Morgan fingerprint density at radius 2 is 1.47 bits per heavy atom. The number of carbonyl (C=O) groups is 1. The zero-order valence-electron chi connectivity index (χ0n) is 43.4. The first-order valence-electron chi connectivity index (χ1n) is 24.4. The van der Waals surface area contributed by atoms with E-state index in [2.05, 4.69) is 74.2 Å².